The molecule has 1 atom stereocenters. The number of hydrogen-bond acceptors (Lipinski definition) is 4. The number of hydrogen-bond donors (Lipinski definition) is 1. The number of carbonyl (C=O) groups is 2. The third-order valence-corrected chi connectivity index (χ3v) is 10.2. The highest BCUT2D eigenvalue weighted by Gasteiger charge is 2.35. The van der Waals surface area contributed by atoms with Gasteiger partial charge in [-0.15, -0.1) is 0 Å². The summed E-state index contributed by atoms with van der Waals surface area (Å²) in [6.45, 7) is 9.31. The van der Waals surface area contributed by atoms with Crippen molar-refractivity contribution in [3.8, 4) is 0 Å². The maximum absolute atomic E-state index is 14.4. The van der Waals surface area contributed by atoms with Crippen LogP contribution in [0.15, 0.2) is 71.6 Å². The van der Waals surface area contributed by atoms with Gasteiger partial charge in [0.15, 0.2) is 0 Å². The molecule has 1 saturated carbocycles. The van der Waals surface area contributed by atoms with E-state index in [2.05, 4.69) is 5.32 Å². The molecule has 0 bridgehead atoms. The molecule has 2 amide bonds. The van der Waals surface area contributed by atoms with E-state index in [1.807, 2.05) is 65.0 Å². The standard InChI is InChI=1S/C34H43N3O4S/c1-6-31(34(39)35-29-15-9-10-16-29)36(22-28-14-8-7-12-26(28)4)33(38)23-37(32-17-11-13-25(3)27(32)5)42(40,41)30-20-18-24(2)19-21-30/h7-8,11-14,17-21,29,31H,6,9-10,15-16,22-23H2,1-5H3,(H,35,39). The van der Waals surface area contributed by atoms with Crippen LogP contribution in [-0.2, 0) is 26.2 Å². The Morgan fingerprint density at radius 3 is 2.17 bits per heavy atom. The largest absolute Gasteiger partial charge is 0.352 e. The molecular formula is C34H43N3O4S. The van der Waals surface area contributed by atoms with Crippen molar-refractivity contribution in [1.29, 1.82) is 0 Å². The molecule has 1 fully saturated rings. The summed E-state index contributed by atoms with van der Waals surface area (Å²) in [5.74, 6) is -0.616. The predicted octanol–water partition coefficient (Wildman–Crippen LogP) is 5.98. The SMILES string of the molecule is CCC(C(=O)NC1CCCC1)N(Cc1ccccc1C)C(=O)CN(c1cccc(C)c1C)S(=O)(=O)c1ccc(C)cc1. The van der Waals surface area contributed by atoms with E-state index in [0.29, 0.717) is 12.1 Å². The molecule has 0 radical (unpaired) electrons. The Labute approximate surface area is 251 Å². The van der Waals surface area contributed by atoms with Crippen LogP contribution in [0, 0.1) is 27.7 Å². The molecular weight excluding hydrogens is 546 g/mol. The first-order valence-corrected chi connectivity index (χ1v) is 16.3. The monoisotopic (exact) mass is 589 g/mol. The molecule has 1 unspecified atom stereocenters. The number of benzene rings is 3. The van der Waals surface area contributed by atoms with E-state index >= 15 is 0 Å². The van der Waals surface area contributed by atoms with Gasteiger partial charge in [0.05, 0.1) is 10.6 Å². The molecule has 0 saturated heterocycles. The Hall–Kier alpha value is -3.65. The molecule has 1 aliphatic carbocycles. The zero-order chi connectivity index (χ0) is 30.4. The fourth-order valence-corrected chi connectivity index (χ4v) is 7.09. The molecule has 3 aromatic carbocycles. The molecule has 0 spiro atoms. The minimum absolute atomic E-state index is 0.107. The number of nitrogens with zero attached hydrogens (tertiary/aromatic N) is 2. The fourth-order valence-electron chi connectivity index (χ4n) is 5.61. The zero-order valence-corrected chi connectivity index (χ0v) is 26.2. The van der Waals surface area contributed by atoms with Crippen molar-refractivity contribution in [2.24, 2.45) is 0 Å². The van der Waals surface area contributed by atoms with Gasteiger partial charge in [-0.3, -0.25) is 13.9 Å². The van der Waals surface area contributed by atoms with E-state index in [0.717, 1.165) is 53.5 Å². The first kappa shape index (κ1) is 31.3. The second kappa shape index (κ2) is 13.6. The van der Waals surface area contributed by atoms with Crippen LogP contribution in [0.5, 0.6) is 0 Å². The molecule has 7 nitrogen and oxygen atoms in total. The minimum Gasteiger partial charge on any atom is -0.352 e. The second-order valence-corrected chi connectivity index (χ2v) is 13.3. The lowest BCUT2D eigenvalue weighted by Gasteiger charge is -2.34. The summed E-state index contributed by atoms with van der Waals surface area (Å²) >= 11 is 0. The molecule has 42 heavy (non-hydrogen) atoms. The molecule has 224 valence electrons. The van der Waals surface area contributed by atoms with Crippen molar-refractivity contribution in [3.05, 3.63) is 94.5 Å². The van der Waals surface area contributed by atoms with Crippen LogP contribution in [-0.4, -0.2) is 43.8 Å². The number of nitrogens with one attached hydrogen (secondary N) is 1. The van der Waals surface area contributed by atoms with Crippen LogP contribution in [0.4, 0.5) is 5.69 Å². The van der Waals surface area contributed by atoms with E-state index in [1.165, 1.54) is 4.31 Å². The fraction of sp³-hybridized carbons (Fsp3) is 0.412. The average molecular weight is 590 g/mol. The number of carbonyl (C=O) groups excluding carboxylic acids is 2. The van der Waals surface area contributed by atoms with Crippen molar-refractivity contribution >= 4 is 27.5 Å². The molecule has 3 aromatic rings. The minimum atomic E-state index is -4.11. The van der Waals surface area contributed by atoms with Gasteiger partial charge in [-0.1, -0.05) is 73.9 Å². The van der Waals surface area contributed by atoms with Crippen LogP contribution in [0.2, 0.25) is 0 Å². The molecule has 4 rings (SSSR count). The Morgan fingerprint density at radius 2 is 1.52 bits per heavy atom. The zero-order valence-electron chi connectivity index (χ0n) is 25.4. The lowest BCUT2D eigenvalue weighted by atomic mass is 10.1. The van der Waals surface area contributed by atoms with E-state index in [4.69, 9.17) is 0 Å². The topological polar surface area (TPSA) is 86.8 Å². The quantitative estimate of drug-likeness (QED) is 0.298. The predicted molar refractivity (Wildman–Crippen MR) is 168 cm³/mol. The van der Waals surface area contributed by atoms with Gasteiger partial charge in [0, 0.05) is 12.6 Å². The highest BCUT2D eigenvalue weighted by Crippen LogP contribution is 2.29. The average Bonchev–Trinajstić information content (AvgIpc) is 3.47. The van der Waals surface area contributed by atoms with Crippen molar-refractivity contribution in [1.82, 2.24) is 10.2 Å². The van der Waals surface area contributed by atoms with Crippen LogP contribution in [0.25, 0.3) is 0 Å². The third kappa shape index (κ3) is 7.04. The number of anilines is 1. The Balaban J connectivity index is 1.75. The lowest BCUT2D eigenvalue weighted by molar-refractivity contribution is -0.140. The van der Waals surface area contributed by atoms with E-state index in [1.54, 1.807) is 41.3 Å². The summed E-state index contributed by atoms with van der Waals surface area (Å²) in [5, 5.41) is 3.16. The first-order valence-electron chi connectivity index (χ1n) is 14.8. The third-order valence-electron chi connectivity index (χ3n) is 8.42. The Morgan fingerprint density at radius 1 is 0.881 bits per heavy atom. The van der Waals surface area contributed by atoms with Gasteiger partial charge in [0.1, 0.15) is 12.6 Å². The van der Waals surface area contributed by atoms with Crippen molar-refractivity contribution < 1.29 is 18.0 Å². The van der Waals surface area contributed by atoms with E-state index < -0.39 is 28.5 Å². The van der Waals surface area contributed by atoms with Crippen LogP contribution >= 0.6 is 0 Å². The maximum Gasteiger partial charge on any atom is 0.264 e. The maximum atomic E-state index is 14.4. The molecule has 0 aliphatic heterocycles. The van der Waals surface area contributed by atoms with Crippen LogP contribution < -0.4 is 9.62 Å². The Bertz CT molecular complexity index is 1510. The molecule has 1 aliphatic rings. The van der Waals surface area contributed by atoms with E-state index in [9.17, 15) is 18.0 Å². The van der Waals surface area contributed by atoms with E-state index in [-0.39, 0.29) is 23.4 Å². The smallest absolute Gasteiger partial charge is 0.264 e. The highest BCUT2D eigenvalue weighted by atomic mass is 32.2. The van der Waals surface area contributed by atoms with Gasteiger partial charge in [-0.2, -0.15) is 0 Å². The van der Waals surface area contributed by atoms with Crippen molar-refractivity contribution in [3.63, 3.8) is 0 Å². The summed E-state index contributed by atoms with van der Waals surface area (Å²) in [5.41, 5.74) is 4.99. The highest BCUT2D eigenvalue weighted by molar-refractivity contribution is 7.92. The first-order chi connectivity index (χ1) is 20.0. The number of rotatable bonds is 11. The molecule has 8 heteroatoms. The van der Waals surface area contributed by atoms with Crippen molar-refractivity contribution in [2.75, 3.05) is 10.8 Å². The number of amides is 2. The summed E-state index contributed by atoms with van der Waals surface area (Å²) in [6, 6.07) is 19.2. The summed E-state index contributed by atoms with van der Waals surface area (Å²) in [7, 11) is -4.11. The van der Waals surface area contributed by atoms with Gasteiger partial charge in [-0.25, -0.2) is 8.42 Å². The van der Waals surface area contributed by atoms with Crippen LogP contribution in [0.3, 0.4) is 0 Å². The normalized spacial score (nSPS) is 14.4. The molecule has 0 aromatic heterocycles. The number of sulfonamides is 1. The van der Waals surface area contributed by atoms with Crippen LogP contribution in [0.1, 0.15) is 66.8 Å². The molecule has 1 N–H and O–H groups in total. The summed E-state index contributed by atoms with van der Waals surface area (Å²) in [6.07, 6.45) is 4.43. The van der Waals surface area contributed by atoms with Gasteiger partial charge in [-0.05, 0) is 87.4 Å². The van der Waals surface area contributed by atoms with Gasteiger partial charge < -0.3 is 10.2 Å². The number of aryl methyl sites for hydroxylation is 3. The molecule has 0 heterocycles. The van der Waals surface area contributed by atoms with Gasteiger partial charge in [0.2, 0.25) is 11.8 Å². The lowest BCUT2D eigenvalue weighted by Crippen LogP contribution is -2.53. The van der Waals surface area contributed by atoms with Gasteiger partial charge in [0.25, 0.3) is 10.0 Å². The van der Waals surface area contributed by atoms with Crippen molar-refractivity contribution in [2.45, 2.75) is 90.2 Å². The summed E-state index contributed by atoms with van der Waals surface area (Å²) in [4.78, 5) is 29.6. The Kier molecular flexibility index (Phi) is 10.1. The van der Waals surface area contributed by atoms with Gasteiger partial charge >= 0.3 is 0 Å². The second-order valence-electron chi connectivity index (χ2n) is 11.4. The summed E-state index contributed by atoms with van der Waals surface area (Å²) < 4.78 is 29.5.